The third-order valence-corrected chi connectivity index (χ3v) is 4.83. The molecule has 0 fully saturated rings. The summed E-state index contributed by atoms with van der Waals surface area (Å²) in [6, 6.07) is 10.9. The summed E-state index contributed by atoms with van der Waals surface area (Å²) in [5.74, 6) is -0.161. The normalized spacial score (nSPS) is 10.6. The van der Waals surface area contributed by atoms with Crippen molar-refractivity contribution in [2.45, 2.75) is 19.3 Å². The molecule has 0 spiro atoms. The number of furan rings is 1. The van der Waals surface area contributed by atoms with Gasteiger partial charge in [-0.3, -0.25) is 9.59 Å². The average molecular weight is 404 g/mol. The van der Waals surface area contributed by atoms with Crippen molar-refractivity contribution in [3.8, 4) is 0 Å². The summed E-state index contributed by atoms with van der Waals surface area (Å²) in [6.07, 6.45) is 4.73. The third kappa shape index (κ3) is 5.94. The van der Waals surface area contributed by atoms with Gasteiger partial charge in [0.05, 0.1) is 6.26 Å². The molecule has 27 heavy (non-hydrogen) atoms. The van der Waals surface area contributed by atoms with Gasteiger partial charge in [0, 0.05) is 35.5 Å². The molecule has 0 bridgehead atoms. The molecule has 140 valence electrons. The Balaban J connectivity index is 1.39. The standard InChI is InChI=1S/C19H18ClN3O3S/c20-14-5-1-4-13(10-14)11-15-12-22-19(27-15)23-17(24)7-2-8-21-18(25)16-6-3-9-26-16/h1,3-6,9-10,12H,2,7-8,11H2,(H,21,25)(H,22,23,24). The van der Waals surface area contributed by atoms with Crippen LogP contribution in [-0.2, 0) is 11.2 Å². The molecule has 2 aromatic heterocycles. The van der Waals surface area contributed by atoms with Gasteiger partial charge in [-0.1, -0.05) is 23.7 Å². The molecule has 2 heterocycles. The molecule has 1 aromatic carbocycles. The summed E-state index contributed by atoms with van der Waals surface area (Å²) in [4.78, 5) is 29.0. The van der Waals surface area contributed by atoms with Crippen LogP contribution in [0.15, 0.2) is 53.3 Å². The van der Waals surface area contributed by atoms with Gasteiger partial charge >= 0.3 is 0 Å². The number of carbonyl (C=O) groups is 2. The Morgan fingerprint density at radius 3 is 2.89 bits per heavy atom. The van der Waals surface area contributed by atoms with Crippen LogP contribution < -0.4 is 10.6 Å². The molecular formula is C19H18ClN3O3S. The highest BCUT2D eigenvalue weighted by atomic mass is 35.5. The van der Waals surface area contributed by atoms with E-state index < -0.39 is 0 Å². The summed E-state index contributed by atoms with van der Waals surface area (Å²) < 4.78 is 5.00. The number of amides is 2. The van der Waals surface area contributed by atoms with Crippen molar-refractivity contribution in [3.63, 3.8) is 0 Å². The zero-order valence-electron chi connectivity index (χ0n) is 14.4. The highest BCUT2D eigenvalue weighted by Crippen LogP contribution is 2.22. The van der Waals surface area contributed by atoms with Crippen LogP contribution in [0.1, 0.15) is 33.8 Å². The summed E-state index contributed by atoms with van der Waals surface area (Å²) in [6.45, 7) is 0.394. The fraction of sp³-hybridized carbons (Fsp3) is 0.211. The van der Waals surface area contributed by atoms with Gasteiger partial charge in [0.2, 0.25) is 5.91 Å². The molecular weight excluding hydrogens is 386 g/mol. The number of benzene rings is 1. The van der Waals surface area contributed by atoms with E-state index in [2.05, 4.69) is 15.6 Å². The Bertz CT molecular complexity index is 909. The van der Waals surface area contributed by atoms with Crippen molar-refractivity contribution >= 4 is 39.9 Å². The molecule has 6 nitrogen and oxygen atoms in total. The maximum atomic E-state index is 12.0. The zero-order chi connectivity index (χ0) is 19.1. The Morgan fingerprint density at radius 2 is 2.11 bits per heavy atom. The van der Waals surface area contributed by atoms with Crippen LogP contribution in [0.25, 0.3) is 0 Å². The largest absolute Gasteiger partial charge is 0.459 e. The molecule has 0 aliphatic carbocycles. The molecule has 2 N–H and O–H groups in total. The Kier molecular flexibility index (Phi) is 6.62. The van der Waals surface area contributed by atoms with E-state index in [4.69, 9.17) is 16.0 Å². The van der Waals surface area contributed by atoms with E-state index in [1.165, 1.54) is 17.6 Å². The highest BCUT2D eigenvalue weighted by molar-refractivity contribution is 7.15. The van der Waals surface area contributed by atoms with Crippen LogP contribution >= 0.6 is 22.9 Å². The number of rotatable bonds is 8. The van der Waals surface area contributed by atoms with E-state index >= 15 is 0 Å². The second-order valence-corrected chi connectivity index (χ2v) is 7.37. The number of nitrogens with zero attached hydrogens (tertiary/aromatic N) is 1. The number of hydrogen-bond acceptors (Lipinski definition) is 5. The van der Waals surface area contributed by atoms with Crippen LogP contribution in [0.2, 0.25) is 5.02 Å². The van der Waals surface area contributed by atoms with Crippen molar-refractivity contribution < 1.29 is 14.0 Å². The van der Waals surface area contributed by atoms with Crippen LogP contribution in [0.3, 0.4) is 0 Å². The molecule has 0 unspecified atom stereocenters. The first-order valence-electron chi connectivity index (χ1n) is 8.41. The number of thiazole rings is 1. The number of aromatic nitrogens is 1. The van der Waals surface area contributed by atoms with Crippen molar-refractivity contribution in [3.05, 3.63) is 70.1 Å². The van der Waals surface area contributed by atoms with Crippen LogP contribution in [0.4, 0.5) is 5.13 Å². The molecule has 0 aliphatic heterocycles. The first kappa shape index (κ1) is 19.1. The predicted molar refractivity (Wildman–Crippen MR) is 105 cm³/mol. The summed E-state index contributed by atoms with van der Waals surface area (Å²) in [5.41, 5.74) is 1.09. The first-order valence-corrected chi connectivity index (χ1v) is 9.60. The quantitative estimate of drug-likeness (QED) is 0.554. The summed E-state index contributed by atoms with van der Waals surface area (Å²) in [7, 11) is 0. The predicted octanol–water partition coefficient (Wildman–Crippen LogP) is 4.13. The van der Waals surface area contributed by atoms with Crippen molar-refractivity contribution in [1.29, 1.82) is 0 Å². The van der Waals surface area contributed by atoms with Gasteiger partial charge in [-0.15, -0.1) is 11.3 Å². The van der Waals surface area contributed by atoms with Gasteiger partial charge in [0.25, 0.3) is 5.91 Å². The second kappa shape index (κ2) is 9.34. The van der Waals surface area contributed by atoms with Crippen LogP contribution in [0, 0.1) is 0 Å². The molecule has 0 atom stereocenters. The fourth-order valence-corrected chi connectivity index (χ4v) is 3.50. The van der Waals surface area contributed by atoms with E-state index in [1.807, 2.05) is 24.3 Å². The molecule has 0 saturated carbocycles. The lowest BCUT2D eigenvalue weighted by atomic mass is 10.1. The second-order valence-electron chi connectivity index (χ2n) is 5.82. The molecule has 3 rings (SSSR count). The lowest BCUT2D eigenvalue weighted by Gasteiger charge is -2.03. The monoisotopic (exact) mass is 403 g/mol. The van der Waals surface area contributed by atoms with Gasteiger partial charge in [-0.05, 0) is 36.2 Å². The lowest BCUT2D eigenvalue weighted by molar-refractivity contribution is -0.116. The van der Waals surface area contributed by atoms with Crippen molar-refractivity contribution in [2.24, 2.45) is 0 Å². The Hall–Kier alpha value is -2.64. The number of nitrogens with one attached hydrogen (secondary N) is 2. The van der Waals surface area contributed by atoms with Crippen LogP contribution in [-0.4, -0.2) is 23.3 Å². The van der Waals surface area contributed by atoms with E-state index in [9.17, 15) is 9.59 Å². The van der Waals surface area contributed by atoms with Gasteiger partial charge in [-0.25, -0.2) is 4.98 Å². The molecule has 0 aliphatic rings. The van der Waals surface area contributed by atoms with Gasteiger partial charge in [0.15, 0.2) is 10.9 Å². The number of anilines is 1. The van der Waals surface area contributed by atoms with E-state index in [1.54, 1.807) is 18.3 Å². The van der Waals surface area contributed by atoms with Gasteiger partial charge in [-0.2, -0.15) is 0 Å². The highest BCUT2D eigenvalue weighted by Gasteiger charge is 2.10. The number of hydrogen-bond donors (Lipinski definition) is 2. The van der Waals surface area contributed by atoms with Crippen LogP contribution in [0.5, 0.6) is 0 Å². The van der Waals surface area contributed by atoms with E-state index in [0.29, 0.717) is 36.0 Å². The minimum absolute atomic E-state index is 0.133. The fourth-order valence-electron chi connectivity index (χ4n) is 2.42. The SMILES string of the molecule is O=C(CCCNC(=O)c1ccco1)Nc1ncc(Cc2cccc(Cl)c2)s1. The molecule has 2 amide bonds. The Labute approximate surface area is 165 Å². The van der Waals surface area contributed by atoms with E-state index in [0.717, 1.165) is 10.4 Å². The molecule has 8 heteroatoms. The third-order valence-electron chi connectivity index (χ3n) is 3.68. The molecule has 0 radical (unpaired) electrons. The molecule has 0 saturated heterocycles. The lowest BCUT2D eigenvalue weighted by Crippen LogP contribution is -2.25. The maximum Gasteiger partial charge on any atom is 0.286 e. The van der Waals surface area contributed by atoms with Gasteiger partial charge in [0.1, 0.15) is 0 Å². The Morgan fingerprint density at radius 1 is 1.22 bits per heavy atom. The maximum absolute atomic E-state index is 12.0. The minimum atomic E-state index is -0.286. The minimum Gasteiger partial charge on any atom is -0.459 e. The average Bonchev–Trinajstić information content (AvgIpc) is 3.31. The van der Waals surface area contributed by atoms with Crippen molar-refractivity contribution in [2.75, 3.05) is 11.9 Å². The summed E-state index contributed by atoms with van der Waals surface area (Å²) in [5, 5.41) is 6.76. The summed E-state index contributed by atoms with van der Waals surface area (Å²) >= 11 is 7.43. The number of carbonyl (C=O) groups excluding carboxylic acids is 2. The molecule has 3 aromatic rings. The van der Waals surface area contributed by atoms with Gasteiger partial charge < -0.3 is 15.1 Å². The first-order chi connectivity index (χ1) is 13.1. The number of halogens is 1. The topological polar surface area (TPSA) is 84.2 Å². The smallest absolute Gasteiger partial charge is 0.286 e. The van der Waals surface area contributed by atoms with Crippen molar-refractivity contribution in [1.82, 2.24) is 10.3 Å². The zero-order valence-corrected chi connectivity index (χ0v) is 16.0. The van der Waals surface area contributed by atoms with E-state index in [-0.39, 0.29) is 17.6 Å².